The number of piperidine rings is 1. The molecule has 1 N–H and O–H groups in total. The molecule has 1 saturated heterocycles. The molecular weight excluding hydrogens is 478 g/mol. The predicted octanol–water partition coefficient (Wildman–Crippen LogP) is 6.01. The lowest BCUT2D eigenvalue weighted by Crippen LogP contribution is -2.41. The van der Waals surface area contributed by atoms with Gasteiger partial charge in [-0.05, 0) is 93.3 Å². The Morgan fingerprint density at radius 2 is 2.11 bits per heavy atom. The lowest BCUT2D eigenvalue weighted by molar-refractivity contribution is -0.137. The zero-order valence-electron chi connectivity index (χ0n) is 20.4. The van der Waals surface area contributed by atoms with Gasteiger partial charge in [0.15, 0.2) is 0 Å². The molecule has 8 heteroatoms. The van der Waals surface area contributed by atoms with Crippen LogP contribution >= 0.6 is 23.1 Å². The fourth-order valence-electron chi connectivity index (χ4n) is 5.19. The van der Waals surface area contributed by atoms with Gasteiger partial charge in [-0.2, -0.15) is 0 Å². The first kappa shape index (κ1) is 25.9. The van der Waals surface area contributed by atoms with E-state index in [1.807, 2.05) is 41.7 Å². The molecule has 0 spiro atoms. The van der Waals surface area contributed by atoms with Gasteiger partial charge in [-0.1, -0.05) is 11.8 Å². The molecule has 35 heavy (non-hydrogen) atoms. The maximum Gasteiger partial charge on any atom is 0.303 e. The highest BCUT2D eigenvalue weighted by atomic mass is 32.2. The number of carboxylic acid groups (broad SMARTS) is 1. The Morgan fingerprint density at radius 3 is 2.91 bits per heavy atom. The van der Waals surface area contributed by atoms with Crippen molar-refractivity contribution in [3.05, 3.63) is 47.6 Å². The number of thiazole rings is 1. The Kier molecular flexibility index (Phi) is 9.80. The molecule has 6 nitrogen and oxygen atoms in total. The molecule has 2 atom stereocenters. The Hall–Kier alpha value is -2.16. The number of nitrogens with zero attached hydrogens (tertiary/aromatic N) is 3. The molecule has 1 aliphatic rings. The van der Waals surface area contributed by atoms with Gasteiger partial charge in [-0.25, -0.2) is 4.98 Å². The maximum absolute atomic E-state index is 11.3. The van der Waals surface area contributed by atoms with E-state index in [2.05, 4.69) is 27.0 Å². The van der Waals surface area contributed by atoms with E-state index >= 15 is 0 Å². The Balaban J connectivity index is 1.29. The number of hydrogen-bond donors (Lipinski definition) is 1. The lowest BCUT2D eigenvalue weighted by Gasteiger charge is -2.39. The van der Waals surface area contributed by atoms with E-state index in [1.165, 1.54) is 10.9 Å². The second-order valence-corrected chi connectivity index (χ2v) is 11.5. The predicted molar refractivity (Wildman–Crippen MR) is 144 cm³/mol. The maximum atomic E-state index is 11.3. The van der Waals surface area contributed by atoms with E-state index in [-0.39, 0.29) is 6.42 Å². The van der Waals surface area contributed by atoms with Crippen molar-refractivity contribution < 1.29 is 14.6 Å². The highest BCUT2D eigenvalue weighted by molar-refractivity contribution is 8.00. The minimum atomic E-state index is -0.682. The van der Waals surface area contributed by atoms with Crippen molar-refractivity contribution in [2.45, 2.75) is 49.3 Å². The summed E-state index contributed by atoms with van der Waals surface area (Å²) in [6.07, 6.45) is 10.4. The van der Waals surface area contributed by atoms with Crippen LogP contribution in [-0.4, -0.2) is 58.4 Å². The van der Waals surface area contributed by atoms with Crippen LogP contribution < -0.4 is 4.74 Å². The summed E-state index contributed by atoms with van der Waals surface area (Å²) < 4.78 is 6.56. The molecule has 2 unspecified atom stereocenters. The number of pyridine rings is 1. The van der Waals surface area contributed by atoms with Gasteiger partial charge in [0, 0.05) is 41.9 Å². The van der Waals surface area contributed by atoms with Crippen LogP contribution in [0.3, 0.4) is 0 Å². The van der Waals surface area contributed by atoms with Crippen molar-refractivity contribution in [2.75, 3.05) is 32.5 Å². The molecular formula is C27H35N3O3S2. The third-order valence-electron chi connectivity index (χ3n) is 7.02. The lowest BCUT2D eigenvalue weighted by atomic mass is 9.79. The number of fused-ring (bicyclic) bond motifs is 1. The van der Waals surface area contributed by atoms with E-state index < -0.39 is 5.97 Å². The van der Waals surface area contributed by atoms with Crippen molar-refractivity contribution in [1.29, 1.82) is 0 Å². The third kappa shape index (κ3) is 7.66. The number of aromatic nitrogens is 2. The van der Waals surface area contributed by atoms with Gasteiger partial charge < -0.3 is 14.7 Å². The summed E-state index contributed by atoms with van der Waals surface area (Å²) >= 11 is 3.53. The van der Waals surface area contributed by atoms with Crippen LogP contribution in [0.4, 0.5) is 0 Å². The molecule has 0 bridgehead atoms. The molecule has 2 aromatic heterocycles. The van der Waals surface area contributed by atoms with Gasteiger partial charge in [-0.15, -0.1) is 11.3 Å². The largest absolute Gasteiger partial charge is 0.497 e. The molecule has 0 aliphatic carbocycles. The number of hydrogen-bond acceptors (Lipinski definition) is 7. The first-order valence-corrected chi connectivity index (χ1v) is 14.4. The average Bonchev–Trinajstić information content (AvgIpc) is 3.39. The van der Waals surface area contributed by atoms with Crippen LogP contribution in [0.25, 0.3) is 10.9 Å². The zero-order valence-corrected chi connectivity index (χ0v) is 22.0. The Morgan fingerprint density at radius 1 is 1.20 bits per heavy atom. The fourth-order valence-corrected chi connectivity index (χ4v) is 6.82. The van der Waals surface area contributed by atoms with E-state index in [0.717, 1.165) is 79.5 Å². The highest BCUT2D eigenvalue weighted by Gasteiger charge is 2.29. The van der Waals surface area contributed by atoms with Gasteiger partial charge in [0.05, 0.1) is 12.6 Å². The molecule has 1 aliphatic heterocycles. The topological polar surface area (TPSA) is 75.5 Å². The molecule has 1 fully saturated rings. The smallest absolute Gasteiger partial charge is 0.303 e. The summed E-state index contributed by atoms with van der Waals surface area (Å²) in [7, 11) is 1.70. The van der Waals surface area contributed by atoms with E-state index in [0.29, 0.717) is 11.8 Å². The monoisotopic (exact) mass is 513 g/mol. The molecule has 3 aromatic rings. The molecule has 0 radical (unpaired) electrons. The molecule has 3 heterocycles. The molecule has 0 saturated carbocycles. The third-order valence-corrected chi connectivity index (χ3v) is 9.07. The second-order valence-electron chi connectivity index (χ2n) is 9.29. The van der Waals surface area contributed by atoms with Crippen LogP contribution in [0.15, 0.2) is 46.4 Å². The van der Waals surface area contributed by atoms with Crippen LogP contribution in [-0.2, 0) is 11.2 Å². The molecule has 1 aromatic carbocycles. The van der Waals surface area contributed by atoms with Crippen molar-refractivity contribution in [3.8, 4) is 5.75 Å². The summed E-state index contributed by atoms with van der Waals surface area (Å²) in [5.41, 5.74) is 2.31. The van der Waals surface area contributed by atoms with E-state index in [4.69, 9.17) is 4.74 Å². The number of benzene rings is 1. The second kappa shape index (κ2) is 13.2. The number of likely N-dealkylation sites (tertiary alicyclic amines) is 1. The van der Waals surface area contributed by atoms with Crippen molar-refractivity contribution in [2.24, 2.45) is 11.8 Å². The average molecular weight is 514 g/mol. The van der Waals surface area contributed by atoms with Crippen molar-refractivity contribution in [3.63, 3.8) is 0 Å². The van der Waals surface area contributed by atoms with E-state index in [9.17, 15) is 9.90 Å². The number of carbonyl (C=O) groups is 1. The number of thioether (sulfide) groups is 1. The summed E-state index contributed by atoms with van der Waals surface area (Å²) in [6, 6.07) is 8.18. The van der Waals surface area contributed by atoms with Crippen LogP contribution in [0.1, 0.15) is 44.1 Å². The number of methoxy groups -OCH3 is 1. The van der Waals surface area contributed by atoms with Crippen molar-refractivity contribution >= 4 is 40.0 Å². The number of rotatable bonds is 13. The summed E-state index contributed by atoms with van der Waals surface area (Å²) in [6.45, 7) is 3.22. The SMILES string of the molecule is COc1ccc2nccc(CCCC3CCN(CCCSc4nccs4)CC3CCC(=O)O)c2c1. The Labute approximate surface area is 216 Å². The van der Waals surface area contributed by atoms with Crippen LogP contribution in [0.2, 0.25) is 0 Å². The standard InChI is InChI=1S/C27H35N3O3S2/c1-33-23-7-8-25-24(18-23)21(10-12-28-25)5-2-4-20-11-15-30(19-22(20)6-9-26(31)32)14-3-16-34-27-29-13-17-35-27/h7-8,10,12-13,17-18,20,22H,2-6,9,11,14-16,19H2,1H3,(H,31,32). The normalized spacial score (nSPS) is 18.7. The zero-order chi connectivity index (χ0) is 24.5. The van der Waals surface area contributed by atoms with Gasteiger partial charge in [0.1, 0.15) is 10.1 Å². The summed E-state index contributed by atoms with van der Waals surface area (Å²) in [4.78, 5) is 22.7. The number of aliphatic carboxylic acids is 1. The first-order valence-electron chi connectivity index (χ1n) is 12.5. The highest BCUT2D eigenvalue weighted by Crippen LogP contribution is 2.32. The van der Waals surface area contributed by atoms with Gasteiger partial charge in [0.2, 0.25) is 0 Å². The quantitative estimate of drug-likeness (QED) is 0.222. The van der Waals surface area contributed by atoms with Gasteiger partial charge >= 0.3 is 5.97 Å². The molecule has 4 rings (SSSR count). The number of aryl methyl sites for hydroxylation is 1. The van der Waals surface area contributed by atoms with Crippen LogP contribution in [0, 0.1) is 11.8 Å². The van der Waals surface area contributed by atoms with Crippen molar-refractivity contribution in [1.82, 2.24) is 14.9 Å². The fraction of sp³-hybridized carbons (Fsp3) is 0.519. The number of ether oxygens (including phenoxy) is 1. The molecule has 188 valence electrons. The summed E-state index contributed by atoms with van der Waals surface area (Å²) in [5, 5.41) is 12.5. The van der Waals surface area contributed by atoms with Gasteiger partial charge in [0.25, 0.3) is 0 Å². The van der Waals surface area contributed by atoms with Crippen LogP contribution in [0.5, 0.6) is 5.75 Å². The molecule has 0 amide bonds. The van der Waals surface area contributed by atoms with Gasteiger partial charge in [-0.3, -0.25) is 9.78 Å². The minimum Gasteiger partial charge on any atom is -0.497 e. The summed E-state index contributed by atoms with van der Waals surface area (Å²) in [5.74, 6) is 2.31. The Bertz CT molecular complexity index is 1080. The number of carboxylic acids is 1. The van der Waals surface area contributed by atoms with E-state index in [1.54, 1.807) is 18.4 Å². The minimum absolute atomic E-state index is 0.268. The first-order chi connectivity index (χ1) is 17.1.